The van der Waals surface area contributed by atoms with Crippen LogP contribution in [0.2, 0.25) is 0 Å². The summed E-state index contributed by atoms with van der Waals surface area (Å²) in [6, 6.07) is 3.06. The van der Waals surface area contributed by atoms with E-state index in [0.29, 0.717) is 12.4 Å². The number of hydrogen-bond donors (Lipinski definition) is 3. The average Bonchev–Trinajstić information content (AvgIpc) is 2.17. The molecule has 1 aromatic rings. The Morgan fingerprint density at radius 2 is 2.54 bits per heavy atom. The maximum atomic E-state index is 10.6. The Morgan fingerprint density at radius 1 is 1.69 bits per heavy atom. The first-order valence-electron chi connectivity index (χ1n) is 3.95. The first kappa shape index (κ1) is 7.85. The van der Waals surface area contributed by atoms with E-state index in [0.717, 1.165) is 5.69 Å². The molecule has 1 atom stereocenters. The van der Waals surface area contributed by atoms with Crippen LogP contribution in [-0.2, 0) is 4.79 Å². The molecule has 3 N–H and O–H groups in total. The van der Waals surface area contributed by atoms with Crippen LogP contribution in [0, 0.1) is 0 Å². The minimum absolute atomic E-state index is 0.383. The molecule has 1 aliphatic heterocycles. The van der Waals surface area contributed by atoms with Gasteiger partial charge in [-0.15, -0.1) is 0 Å². The molecular weight excluding hydrogens is 170 g/mol. The van der Waals surface area contributed by atoms with Crippen LogP contribution in [0.15, 0.2) is 18.3 Å². The first-order valence-corrected chi connectivity index (χ1v) is 3.95. The van der Waals surface area contributed by atoms with Gasteiger partial charge in [0.15, 0.2) is 0 Å². The summed E-state index contributed by atoms with van der Waals surface area (Å²) in [5, 5.41) is 14.5. The number of nitrogens with zero attached hydrogens (tertiary/aromatic N) is 1. The van der Waals surface area contributed by atoms with E-state index in [9.17, 15) is 4.79 Å². The van der Waals surface area contributed by atoms with Crippen molar-refractivity contribution in [1.29, 1.82) is 0 Å². The Hall–Kier alpha value is -1.78. The predicted octanol–water partition coefficient (Wildman–Crippen LogP) is 0.372. The minimum Gasteiger partial charge on any atom is -0.480 e. The number of carbonyl (C=O) groups is 1. The zero-order valence-corrected chi connectivity index (χ0v) is 6.82. The molecule has 0 aliphatic carbocycles. The minimum atomic E-state index is -0.871. The molecule has 13 heavy (non-hydrogen) atoms. The second-order valence-corrected chi connectivity index (χ2v) is 2.82. The van der Waals surface area contributed by atoms with Gasteiger partial charge in [-0.05, 0) is 12.1 Å². The van der Waals surface area contributed by atoms with E-state index >= 15 is 0 Å². The van der Waals surface area contributed by atoms with Gasteiger partial charge < -0.3 is 15.7 Å². The maximum absolute atomic E-state index is 10.6. The summed E-state index contributed by atoms with van der Waals surface area (Å²) in [6.07, 6.45) is 1.62. The molecule has 0 bridgehead atoms. The highest BCUT2D eigenvalue weighted by Gasteiger charge is 2.22. The predicted molar refractivity (Wildman–Crippen MR) is 47.8 cm³/mol. The van der Waals surface area contributed by atoms with Gasteiger partial charge in [-0.2, -0.15) is 0 Å². The summed E-state index contributed by atoms with van der Waals surface area (Å²) >= 11 is 0. The largest absolute Gasteiger partial charge is 0.480 e. The summed E-state index contributed by atoms with van der Waals surface area (Å²) in [7, 11) is 0. The molecule has 1 unspecified atom stereocenters. The van der Waals surface area contributed by atoms with E-state index < -0.39 is 12.0 Å². The number of rotatable bonds is 1. The van der Waals surface area contributed by atoms with E-state index in [-0.39, 0.29) is 0 Å². The number of aliphatic carboxylic acids is 1. The number of pyridine rings is 1. The summed E-state index contributed by atoms with van der Waals surface area (Å²) in [5.74, 6) is -0.273. The van der Waals surface area contributed by atoms with Crippen LogP contribution in [0.4, 0.5) is 11.5 Å². The number of hydrogen-bond acceptors (Lipinski definition) is 4. The maximum Gasteiger partial charge on any atom is 0.328 e. The number of aromatic nitrogens is 1. The molecule has 0 saturated carbocycles. The van der Waals surface area contributed by atoms with E-state index in [1.165, 1.54) is 0 Å². The molecule has 1 aromatic heterocycles. The zero-order chi connectivity index (χ0) is 9.26. The van der Waals surface area contributed by atoms with Crippen molar-refractivity contribution < 1.29 is 9.90 Å². The van der Waals surface area contributed by atoms with Crippen molar-refractivity contribution >= 4 is 17.5 Å². The van der Waals surface area contributed by atoms with Crippen molar-refractivity contribution in [1.82, 2.24) is 4.98 Å². The summed E-state index contributed by atoms with van der Waals surface area (Å²) in [4.78, 5) is 14.6. The van der Waals surface area contributed by atoms with Crippen LogP contribution in [-0.4, -0.2) is 28.6 Å². The fourth-order valence-corrected chi connectivity index (χ4v) is 1.24. The van der Waals surface area contributed by atoms with Gasteiger partial charge in [0.05, 0.1) is 5.69 Å². The molecule has 0 spiro atoms. The highest BCUT2D eigenvalue weighted by molar-refractivity contribution is 5.82. The van der Waals surface area contributed by atoms with Crippen molar-refractivity contribution in [3.63, 3.8) is 0 Å². The van der Waals surface area contributed by atoms with Gasteiger partial charge in [0.25, 0.3) is 0 Å². The van der Waals surface area contributed by atoms with E-state index in [1.54, 1.807) is 12.3 Å². The number of carboxylic acids is 1. The van der Waals surface area contributed by atoms with Gasteiger partial charge in [-0.1, -0.05) is 0 Å². The molecule has 5 heteroatoms. The van der Waals surface area contributed by atoms with Gasteiger partial charge in [-0.3, -0.25) is 0 Å². The third-order valence-corrected chi connectivity index (χ3v) is 1.91. The van der Waals surface area contributed by atoms with Crippen molar-refractivity contribution in [2.24, 2.45) is 0 Å². The van der Waals surface area contributed by atoms with Crippen molar-refractivity contribution in [3.8, 4) is 0 Å². The molecular formula is C8H9N3O2. The van der Waals surface area contributed by atoms with Crippen LogP contribution in [0.25, 0.3) is 0 Å². The first-order chi connectivity index (χ1) is 6.27. The van der Waals surface area contributed by atoms with Gasteiger partial charge in [0.2, 0.25) is 0 Å². The van der Waals surface area contributed by atoms with E-state index in [2.05, 4.69) is 15.6 Å². The monoisotopic (exact) mass is 179 g/mol. The lowest BCUT2D eigenvalue weighted by Crippen LogP contribution is -2.39. The lowest BCUT2D eigenvalue weighted by Gasteiger charge is -2.23. The van der Waals surface area contributed by atoms with Crippen LogP contribution < -0.4 is 10.6 Å². The average molecular weight is 179 g/mol. The molecule has 0 aromatic carbocycles. The van der Waals surface area contributed by atoms with Gasteiger partial charge in [0, 0.05) is 12.7 Å². The van der Waals surface area contributed by atoms with Gasteiger partial charge in [0.1, 0.15) is 11.9 Å². The lowest BCUT2D eigenvalue weighted by atomic mass is 10.2. The highest BCUT2D eigenvalue weighted by Crippen LogP contribution is 2.22. The third kappa shape index (κ3) is 1.40. The molecule has 5 nitrogen and oxygen atoms in total. The normalized spacial score (nSPS) is 19.5. The van der Waals surface area contributed by atoms with Gasteiger partial charge in [-0.25, -0.2) is 9.78 Å². The number of fused-ring (bicyclic) bond motifs is 1. The smallest absolute Gasteiger partial charge is 0.328 e. The standard InChI is InChI=1S/C8H9N3O2/c12-8(13)6-4-10-5-2-1-3-9-7(5)11-6/h1-3,6,10H,4H2,(H,9,11)(H,12,13). The van der Waals surface area contributed by atoms with E-state index in [4.69, 9.17) is 5.11 Å². The molecule has 2 heterocycles. The van der Waals surface area contributed by atoms with Crippen LogP contribution >= 0.6 is 0 Å². The summed E-state index contributed by atoms with van der Waals surface area (Å²) in [5.41, 5.74) is 0.847. The topological polar surface area (TPSA) is 74.2 Å². The number of carboxylic acid groups (broad SMARTS) is 1. The Kier molecular flexibility index (Phi) is 1.77. The third-order valence-electron chi connectivity index (χ3n) is 1.91. The van der Waals surface area contributed by atoms with Crippen molar-refractivity contribution in [3.05, 3.63) is 18.3 Å². The Morgan fingerprint density at radius 3 is 3.31 bits per heavy atom. The quantitative estimate of drug-likeness (QED) is 0.581. The SMILES string of the molecule is O=C(O)C1CNc2cccnc2N1. The number of nitrogens with one attached hydrogen (secondary N) is 2. The van der Waals surface area contributed by atoms with Crippen LogP contribution in [0.5, 0.6) is 0 Å². The second-order valence-electron chi connectivity index (χ2n) is 2.82. The lowest BCUT2D eigenvalue weighted by molar-refractivity contribution is -0.137. The molecule has 0 amide bonds. The molecule has 0 fully saturated rings. The van der Waals surface area contributed by atoms with Crippen molar-refractivity contribution in [2.75, 3.05) is 17.2 Å². The Labute approximate surface area is 74.8 Å². The molecule has 0 radical (unpaired) electrons. The fourth-order valence-electron chi connectivity index (χ4n) is 1.24. The fraction of sp³-hybridized carbons (Fsp3) is 0.250. The second kappa shape index (κ2) is 2.93. The van der Waals surface area contributed by atoms with Crippen LogP contribution in [0.3, 0.4) is 0 Å². The molecule has 0 saturated heterocycles. The summed E-state index contributed by atoms with van der Waals surface area (Å²) < 4.78 is 0. The Balaban J connectivity index is 2.24. The van der Waals surface area contributed by atoms with Crippen molar-refractivity contribution in [2.45, 2.75) is 6.04 Å². The van der Waals surface area contributed by atoms with E-state index in [1.807, 2.05) is 6.07 Å². The number of anilines is 2. The Bertz CT molecular complexity index is 340. The molecule has 1 aliphatic rings. The highest BCUT2D eigenvalue weighted by atomic mass is 16.4. The molecule has 68 valence electrons. The van der Waals surface area contributed by atoms with Gasteiger partial charge >= 0.3 is 5.97 Å². The van der Waals surface area contributed by atoms with Crippen LogP contribution in [0.1, 0.15) is 0 Å². The summed E-state index contributed by atoms with van der Waals surface area (Å²) in [6.45, 7) is 0.383. The zero-order valence-electron chi connectivity index (χ0n) is 6.82. The molecule has 2 rings (SSSR count).